The normalized spacial score (nSPS) is 12.1. The van der Waals surface area contributed by atoms with Crippen LogP contribution in [-0.4, -0.2) is 0 Å². The van der Waals surface area contributed by atoms with Gasteiger partial charge >= 0.3 is 37.7 Å². The monoisotopic (exact) mass is 317 g/mol. The minimum Gasteiger partial charge on any atom is -1.00 e. The zero-order valence-electron chi connectivity index (χ0n) is 12.8. The number of rotatable bonds is 4. The van der Waals surface area contributed by atoms with Gasteiger partial charge in [-0.2, -0.15) is 0 Å². The standard InChI is InChI=1S/C16H18N.BrH.2Li/c1-13(15-9-5-3-6-10-15)17-14(2)16-11-7-4-8-12-16;;;/h3-14H,1-2H3;1H;;/q-1;;2*+1/p-1/t13-,14-;;;/m1.../s1. The average Bonchev–Trinajstić information content (AvgIpc) is 2.40. The Morgan fingerprint density at radius 3 is 1.25 bits per heavy atom. The second-order valence-electron chi connectivity index (χ2n) is 4.32. The van der Waals surface area contributed by atoms with E-state index in [0.717, 1.165) is 0 Å². The van der Waals surface area contributed by atoms with E-state index >= 15 is 0 Å². The molecule has 0 spiro atoms. The van der Waals surface area contributed by atoms with Gasteiger partial charge in [-0.15, -0.1) is 12.1 Å². The van der Waals surface area contributed by atoms with Gasteiger partial charge in [-0.05, 0) is 0 Å². The van der Waals surface area contributed by atoms with Crippen LogP contribution in [0.3, 0.4) is 0 Å². The Balaban J connectivity index is 0. The Kier molecular flexibility index (Phi) is 13.1. The van der Waals surface area contributed by atoms with Gasteiger partial charge in [0.05, 0.1) is 0 Å². The molecule has 0 unspecified atom stereocenters. The van der Waals surface area contributed by atoms with Crippen molar-refractivity contribution in [3.63, 3.8) is 0 Å². The van der Waals surface area contributed by atoms with Crippen molar-refractivity contribution in [2.24, 2.45) is 0 Å². The summed E-state index contributed by atoms with van der Waals surface area (Å²) in [6, 6.07) is 21.3. The molecule has 0 fully saturated rings. The average molecular weight is 318 g/mol. The first-order chi connectivity index (χ1) is 8.27. The molecule has 0 aliphatic carbocycles. The first-order valence-corrected chi connectivity index (χ1v) is 6.07. The van der Waals surface area contributed by atoms with Crippen LogP contribution < -0.4 is 54.7 Å². The zero-order valence-corrected chi connectivity index (χ0v) is 14.3. The van der Waals surface area contributed by atoms with Gasteiger partial charge in [0.1, 0.15) is 0 Å². The van der Waals surface area contributed by atoms with Gasteiger partial charge in [-0.1, -0.05) is 85.6 Å². The molecule has 0 radical (unpaired) electrons. The minimum atomic E-state index is 0. The molecule has 2 aromatic carbocycles. The van der Waals surface area contributed by atoms with Gasteiger partial charge in [0, 0.05) is 0 Å². The van der Waals surface area contributed by atoms with E-state index in [9.17, 15) is 0 Å². The third-order valence-corrected chi connectivity index (χ3v) is 3.01. The Labute approximate surface area is 157 Å². The predicted molar refractivity (Wildman–Crippen MR) is 73.1 cm³/mol. The van der Waals surface area contributed by atoms with Crippen LogP contribution in [0.15, 0.2) is 60.7 Å². The van der Waals surface area contributed by atoms with E-state index in [-0.39, 0.29) is 66.8 Å². The van der Waals surface area contributed by atoms with Gasteiger partial charge in [-0.3, -0.25) is 0 Å². The fourth-order valence-corrected chi connectivity index (χ4v) is 1.97. The third-order valence-electron chi connectivity index (χ3n) is 3.01. The van der Waals surface area contributed by atoms with Crippen LogP contribution in [-0.2, 0) is 0 Å². The quantitative estimate of drug-likeness (QED) is 0.509. The van der Waals surface area contributed by atoms with Crippen molar-refractivity contribution in [1.82, 2.24) is 0 Å². The number of nitrogens with zero attached hydrogens (tertiary/aromatic N) is 1. The molecule has 96 valence electrons. The Bertz CT molecular complexity index is 407. The van der Waals surface area contributed by atoms with Crippen molar-refractivity contribution in [3.05, 3.63) is 77.1 Å². The van der Waals surface area contributed by atoms with Crippen molar-refractivity contribution < 1.29 is 54.7 Å². The van der Waals surface area contributed by atoms with Gasteiger partial charge in [0.15, 0.2) is 0 Å². The summed E-state index contributed by atoms with van der Waals surface area (Å²) in [7, 11) is 0. The van der Waals surface area contributed by atoms with Gasteiger partial charge in [-0.25, -0.2) is 0 Å². The van der Waals surface area contributed by atoms with E-state index in [4.69, 9.17) is 5.32 Å². The van der Waals surface area contributed by atoms with Crippen LogP contribution in [0.1, 0.15) is 37.1 Å². The van der Waals surface area contributed by atoms with Gasteiger partial charge in [0.2, 0.25) is 0 Å². The molecule has 4 heteroatoms. The smallest absolute Gasteiger partial charge is 1.00 e. The Morgan fingerprint density at radius 1 is 0.650 bits per heavy atom. The first-order valence-electron chi connectivity index (χ1n) is 6.07. The molecule has 20 heavy (non-hydrogen) atoms. The summed E-state index contributed by atoms with van der Waals surface area (Å²) in [6.45, 7) is 4.30. The van der Waals surface area contributed by atoms with Gasteiger partial charge in [0.25, 0.3) is 0 Å². The predicted octanol–water partition coefficient (Wildman–Crippen LogP) is -4.11. The maximum atomic E-state index is 4.82. The molecule has 1 nitrogen and oxygen atoms in total. The molecular formula is C16H18BrLi2N. The topological polar surface area (TPSA) is 14.1 Å². The fourth-order valence-electron chi connectivity index (χ4n) is 1.97. The van der Waals surface area contributed by atoms with Crippen molar-refractivity contribution in [1.29, 1.82) is 0 Å². The zero-order chi connectivity index (χ0) is 12.1. The molecule has 2 aromatic rings. The first kappa shape index (κ1) is 22.4. The molecule has 2 rings (SSSR count). The van der Waals surface area contributed by atoms with Crippen LogP contribution in [0, 0.1) is 0 Å². The molecule has 2 atom stereocenters. The summed E-state index contributed by atoms with van der Waals surface area (Å²) in [6.07, 6.45) is 0. The SMILES string of the molecule is C[C@@H]([N-][C@H](C)c1ccccc1)c1ccccc1.[Br-].[Li+].[Li+]. The van der Waals surface area contributed by atoms with E-state index < -0.39 is 0 Å². The summed E-state index contributed by atoms with van der Waals surface area (Å²) < 4.78 is 0. The Morgan fingerprint density at radius 2 is 0.950 bits per heavy atom. The second-order valence-corrected chi connectivity index (χ2v) is 4.32. The van der Waals surface area contributed by atoms with Crippen LogP contribution in [0.5, 0.6) is 0 Å². The van der Waals surface area contributed by atoms with Crippen LogP contribution in [0.4, 0.5) is 0 Å². The molecule has 0 aliphatic heterocycles. The molecule has 0 bridgehead atoms. The summed E-state index contributed by atoms with van der Waals surface area (Å²) >= 11 is 0. The minimum absolute atomic E-state index is 0. The van der Waals surface area contributed by atoms with E-state index in [2.05, 4.69) is 62.4 Å². The van der Waals surface area contributed by atoms with Crippen LogP contribution >= 0.6 is 0 Å². The molecule has 0 saturated heterocycles. The van der Waals surface area contributed by atoms with Gasteiger partial charge < -0.3 is 22.3 Å². The molecule has 0 aromatic heterocycles. The number of benzene rings is 2. The van der Waals surface area contributed by atoms with E-state index in [0.29, 0.717) is 0 Å². The molecule has 0 heterocycles. The molecular weight excluding hydrogens is 300 g/mol. The molecule has 0 amide bonds. The third kappa shape index (κ3) is 6.69. The fraction of sp³-hybridized carbons (Fsp3) is 0.250. The van der Waals surface area contributed by atoms with Crippen molar-refractivity contribution in [3.8, 4) is 0 Å². The van der Waals surface area contributed by atoms with Crippen LogP contribution in [0.25, 0.3) is 5.32 Å². The van der Waals surface area contributed by atoms with Crippen molar-refractivity contribution in [2.75, 3.05) is 0 Å². The Hall–Kier alpha value is 0.0748. The molecule has 0 N–H and O–H groups in total. The van der Waals surface area contributed by atoms with Crippen LogP contribution in [0.2, 0.25) is 0 Å². The maximum absolute atomic E-state index is 4.82. The molecule has 0 saturated carbocycles. The summed E-state index contributed by atoms with van der Waals surface area (Å²) in [5.41, 5.74) is 2.55. The summed E-state index contributed by atoms with van der Waals surface area (Å²) in [5, 5.41) is 4.82. The van der Waals surface area contributed by atoms with E-state index in [1.165, 1.54) is 11.1 Å². The number of halogens is 1. The van der Waals surface area contributed by atoms with E-state index in [1.807, 2.05) is 12.1 Å². The summed E-state index contributed by atoms with van der Waals surface area (Å²) in [5.74, 6) is 0. The molecule has 0 aliphatic rings. The summed E-state index contributed by atoms with van der Waals surface area (Å²) in [4.78, 5) is 0. The largest absolute Gasteiger partial charge is 1.00 e. The van der Waals surface area contributed by atoms with E-state index in [1.54, 1.807) is 0 Å². The van der Waals surface area contributed by atoms with Crippen molar-refractivity contribution in [2.45, 2.75) is 25.9 Å². The second kappa shape index (κ2) is 11.7. The van der Waals surface area contributed by atoms with Crippen molar-refractivity contribution >= 4 is 0 Å². The number of hydrogen-bond donors (Lipinski definition) is 0. The maximum Gasteiger partial charge on any atom is 1.00 e. The number of hydrogen-bond acceptors (Lipinski definition) is 0.